The number of para-hydroxylation sites is 1. The maximum Gasteiger partial charge on any atom is 0.314 e. The third-order valence-corrected chi connectivity index (χ3v) is 3.83. The average Bonchev–Trinajstić information content (AvgIpc) is 2.41. The van der Waals surface area contributed by atoms with Gasteiger partial charge in [-0.15, -0.1) is 0 Å². The molecule has 2 unspecified atom stereocenters. The third kappa shape index (κ3) is 3.34. The van der Waals surface area contributed by atoms with Gasteiger partial charge in [0, 0.05) is 0 Å². The third-order valence-electron chi connectivity index (χ3n) is 3.83. The van der Waals surface area contributed by atoms with Gasteiger partial charge in [-0.05, 0) is 37.3 Å². The Morgan fingerprint density at radius 3 is 2.67 bits per heavy atom. The minimum absolute atomic E-state index is 0.0284. The molecular weight excluding hydrogens is 224 g/mol. The minimum Gasteiger partial charge on any atom is -0.426 e. The molecule has 18 heavy (non-hydrogen) atoms. The van der Waals surface area contributed by atoms with Crippen LogP contribution in [-0.2, 0) is 4.79 Å². The fourth-order valence-electron chi connectivity index (χ4n) is 2.91. The Bertz CT molecular complexity index is 370. The Balaban J connectivity index is 1.98. The SMILES string of the molecule is CCCC1CCCCC1C(=O)Oc1ccccc1. The number of carbonyl (C=O) groups excluding carboxylic acids is 1. The summed E-state index contributed by atoms with van der Waals surface area (Å²) in [5, 5.41) is 0. The second kappa shape index (κ2) is 6.58. The monoisotopic (exact) mass is 246 g/mol. The van der Waals surface area contributed by atoms with Crippen LogP contribution < -0.4 is 4.74 Å². The molecule has 1 saturated carbocycles. The van der Waals surface area contributed by atoms with Crippen molar-refractivity contribution in [1.29, 1.82) is 0 Å². The van der Waals surface area contributed by atoms with Crippen molar-refractivity contribution in [1.82, 2.24) is 0 Å². The lowest BCUT2D eigenvalue weighted by Gasteiger charge is -2.29. The van der Waals surface area contributed by atoms with E-state index < -0.39 is 0 Å². The van der Waals surface area contributed by atoms with Gasteiger partial charge in [0.15, 0.2) is 0 Å². The van der Waals surface area contributed by atoms with E-state index in [4.69, 9.17) is 4.74 Å². The van der Waals surface area contributed by atoms with Gasteiger partial charge in [0.2, 0.25) is 0 Å². The molecule has 0 N–H and O–H groups in total. The average molecular weight is 246 g/mol. The minimum atomic E-state index is -0.0284. The number of esters is 1. The van der Waals surface area contributed by atoms with Crippen LogP contribution in [0.3, 0.4) is 0 Å². The first kappa shape index (κ1) is 13.1. The molecule has 2 rings (SSSR count). The molecule has 2 nitrogen and oxygen atoms in total. The van der Waals surface area contributed by atoms with E-state index in [0.717, 1.165) is 25.7 Å². The largest absolute Gasteiger partial charge is 0.426 e. The first-order valence-electron chi connectivity index (χ1n) is 7.08. The van der Waals surface area contributed by atoms with Crippen molar-refractivity contribution in [2.24, 2.45) is 11.8 Å². The summed E-state index contributed by atoms with van der Waals surface area (Å²) in [6.07, 6.45) is 6.90. The zero-order valence-corrected chi connectivity index (χ0v) is 11.1. The van der Waals surface area contributed by atoms with Gasteiger partial charge in [-0.1, -0.05) is 44.4 Å². The van der Waals surface area contributed by atoms with E-state index in [-0.39, 0.29) is 11.9 Å². The standard InChI is InChI=1S/C16H22O2/c1-2-8-13-9-6-7-12-15(13)16(17)18-14-10-4-3-5-11-14/h3-5,10-11,13,15H,2,6-9,12H2,1H3. The molecule has 1 aliphatic carbocycles. The highest BCUT2D eigenvalue weighted by Gasteiger charge is 2.31. The number of rotatable bonds is 4. The van der Waals surface area contributed by atoms with Crippen molar-refractivity contribution in [2.45, 2.75) is 45.4 Å². The highest BCUT2D eigenvalue weighted by Crippen LogP contribution is 2.34. The molecule has 98 valence electrons. The zero-order chi connectivity index (χ0) is 12.8. The second-order valence-corrected chi connectivity index (χ2v) is 5.17. The Labute approximate surface area is 109 Å². The molecule has 0 radical (unpaired) electrons. The number of benzene rings is 1. The fraction of sp³-hybridized carbons (Fsp3) is 0.562. The topological polar surface area (TPSA) is 26.3 Å². The van der Waals surface area contributed by atoms with Crippen LogP contribution in [0, 0.1) is 11.8 Å². The van der Waals surface area contributed by atoms with Crippen LogP contribution >= 0.6 is 0 Å². The van der Waals surface area contributed by atoms with Crippen molar-refractivity contribution in [2.75, 3.05) is 0 Å². The summed E-state index contributed by atoms with van der Waals surface area (Å²) in [4.78, 5) is 12.2. The lowest BCUT2D eigenvalue weighted by atomic mass is 9.77. The second-order valence-electron chi connectivity index (χ2n) is 5.17. The molecule has 0 heterocycles. The predicted molar refractivity (Wildman–Crippen MR) is 72.4 cm³/mol. The molecule has 0 spiro atoms. The van der Waals surface area contributed by atoms with Gasteiger partial charge in [0.1, 0.15) is 5.75 Å². The summed E-state index contributed by atoms with van der Waals surface area (Å²) in [7, 11) is 0. The highest BCUT2D eigenvalue weighted by molar-refractivity contribution is 5.75. The van der Waals surface area contributed by atoms with Crippen molar-refractivity contribution in [3.05, 3.63) is 30.3 Å². The summed E-state index contributed by atoms with van der Waals surface area (Å²) in [5.74, 6) is 1.28. The van der Waals surface area contributed by atoms with E-state index in [1.807, 2.05) is 30.3 Å². The molecule has 1 aliphatic rings. The highest BCUT2D eigenvalue weighted by atomic mass is 16.5. The van der Waals surface area contributed by atoms with Crippen molar-refractivity contribution in [3.63, 3.8) is 0 Å². The van der Waals surface area contributed by atoms with Crippen LogP contribution in [0.1, 0.15) is 45.4 Å². The summed E-state index contributed by atoms with van der Waals surface area (Å²) < 4.78 is 5.49. The van der Waals surface area contributed by atoms with Crippen LogP contribution in [0.15, 0.2) is 30.3 Å². The van der Waals surface area contributed by atoms with Crippen LogP contribution in [0.5, 0.6) is 5.75 Å². The Hall–Kier alpha value is -1.31. The van der Waals surface area contributed by atoms with E-state index in [1.54, 1.807) is 0 Å². The van der Waals surface area contributed by atoms with Crippen molar-refractivity contribution >= 4 is 5.97 Å². The zero-order valence-electron chi connectivity index (χ0n) is 11.1. The maximum atomic E-state index is 12.2. The molecule has 0 saturated heterocycles. The molecule has 1 aromatic carbocycles. The Morgan fingerprint density at radius 1 is 1.22 bits per heavy atom. The summed E-state index contributed by atoms with van der Waals surface area (Å²) in [6.45, 7) is 2.19. The van der Waals surface area contributed by atoms with Crippen LogP contribution in [0.4, 0.5) is 0 Å². The molecule has 2 heteroatoms. The van der Waals surface area contributed by atoms with Crippen molar-refractivity contribution < 1.29 is 9.53 Å². The maximum absolute atomic E-state index is 12.2. The summed E-state index contributed by atoms with van der Waals surface area (Å²) in [6, 6.07) is 9.41. The molecule has 0 aliphatic heterocycles. The molecule has 1 fully saturated rings. The molecule has 0 aromatic heterocycles. The smallest absolute Gasteiger partial charge is 0.314 e. The Kier molecular flexibility index (Phi) is 4.80. The lowest BCUT2D eigenvalue weighted by molar-refractivity contribution is -0.142. The number of hydrogen-bond donors (Lipinski definition) is 0. The van der Waals surface area contributed by atoms with E-state index in [9.17, 15) is 4.79 Å². The first-order valence-corrected chi connectivity index (χ1v) is 7.08. The first-order chi connectivity index (χ1) is 8.81. The van der Waals surface area contributed by atoms with Gasteiger partial charge in [-0.25, -0.2) is 0 Å². The molecule has 0 bridgehead atoms. The van der Waals surface area contributed by atoms with Crippen LogP contribution in [-0.4, -0.2) is 5.97 Å². The van der Waals surface area contributed by atoms with Gasteiger partial charge in [-0.3, -0.25) is 4.79 Å². The van der Waals surface area contributed by atoms with Gasteiger partial charge < -0.3 is 4.74 Å². The van der Waals surface area contributed by atoms with Crippen LogP contribution in [0.25, 0.3) is 0 Å². The normalized spacial score (nSPS) is 23.6. The molecule has 0 amide bonds. The van der Waals surface area contributed by atoms with Gasteiger partial charge in [0.05, 0.1) is 5.92 Å². The summed E-state index contributed by atoms with van der Waals surface area (Å²) in [5.41, 5.74) is 0. The Morgan fingerprint density at radius 2 is 1.94 bits per heavy atom. The molecular formula is C16H22O2. The number of ether oxygens (including phenoxy) is 1. The van der Waals surface area contributed by atoms with Gasteiger partial charge in [0.25, 0.3) is 0 Å². The van der Waals surface area contributed by atoms with Gasteiger partial charge >= 0.3 is 5.97 Å². The van der Waals surface area contributed by atoms with Gasteiger partial charge in [-0.2, -0.15) is 0 Å². The quantitative estimate of drug-likeness (QED) is 0.588. The van der Waals surface area contributed by atoms with E-state index in [0.29, 0.717) is 11.7 Å². The number of carbonyl (C=O) groups is 1. The lowest BCUT2D eigenvalue weighted by Crippen LogP contribution is -2.30. The number of hydrogen-bond acceptors (Lipinski definition) is 2. The van der Waals surface area contributed by atoms with Crippen LogP contribution in [0.2, 0.25) is 0 Å². The van der Waals surface area contributed by atoms with Crippen molar-refractivity contribution in [3.8, 4) is 5.75 Å². The van der Waals surface area contributed by atoms with E-state index in [1.165, 1.54) is 12.8 Å². The van der Waals surface area contributed by atoms with E-state index >= 15 is 0 Å². The van der Waals surface area contributed by atoms with E-state index in [2.05, 4.69) is 6.92 Å². The predicted octanol–water partition coefficient (Wildman–Crippen LogP) is 4.20. The fourth-order valence-corrected chi connectivity index (χ4v) is 2.91. The summed E-state index contributed by atoms with van der Waals surface area (Å²) >= 11 is 0. The molecule has 1 aromatic rings. The molecule has 2 atom stereocenters.